The van der Waals surface area contributed by atoms with Gasteiger partial charge in [0.05, 0.1) is 6.10 Å². The van der Waals surface area contributed by atoms with Gasteiger partial charge in [0.1, 0.15) is 0 Å². The maximum Gasteiger partial charge on any atom is 0.0571 e. The first-order valence-corrected chi connectivity index (χ1v) is 6.54. The normalized spacial score (nSPS) is 28.9. The highest BCUT2D eigenvalue weighted by Crippen LogP contribution is 2.38. The van der Waals surface area contributed by atoms with Crippen molar-refractivity contribution < 1.29 is 5.11 Å². The third kappa shape index (κ3) is 3.19. The van der Waals surface area contributed by atoms with E-state index in [0.29, 0.717) is 11.8 Å². The van der Waals surface area contributed by atoms with Crippen molar-refractivity contribution in [1.82, 2.24) is 0 Å². The lowest BCUT2D eigenvalue weighted by Crippen LogP contribution is -2.28. The van der Waals surface area contributed by atoms with Crippen LogP contribution in [0.1, 0.15) is 44.1 Å². The van der Waals surface area contributed by atoms with Gasteiger partial charge in [0.2, 0.25) is 0 Å². The zero-order chi connectivity index (χ0) is 12.3. The van der Waals surface area contributed by atoms with Crippen LogP contribution in [0.15, 0.2) is 42.5 Å². The zero-order valence-electron chi connectivity index (χ0n) is 10.6. The monoisotopic (exact) mass is 230 g/mol. The summed E-state index contributed by atoms with van der Waals surface area (Å²) in [6.45, 7) is 6.02. The third-order valence-corrected chi connectivity index (χ3v) is 3.82. The summed E-state index contributed by atoms with van der Waals surface area (Å²) in [6.07, 6.45) is 3.96. The van der Waals surface area contributed by atoms with E-state index in [4.69, 9.17) is 0 Å². The Hall–Kier alpha value is -1.08. The average Bonchev–Trinajstić information content (AvgIpc) is 2.32. The molecule has 1 aromatic carbocycles. The smallest absolute Gasteiger partial charge is 0.0571 e. The second-order valence-corrected chi connectivity index (χ2v) is 5.41. The first-order chi connectivity index (χ1) is 8.16. The SMILES string of the molecule is C=C(C)CC1CC(c2ccccc2)CCC1O. The molecule has 92 valence electrons. The molecule has 2 rings (SSSR count). The van der Waals surface area contributed by atoms with E-state index < -0.39 is 0 Å². The summed E-state index contributed by atoms with van der Waals surface area (Å²) < 4.78 is 0. The van der Waals surface area contributed by atoms with E-state index in [1.807, 2.05) is 0 Å². The van der Waals surface area contributed by atoms with Gasteiger partial charge in [-0.2, -0.15) is 0 Å². The highest BCUT2D eigenvalue weighted by Gasteiger charge is 2.29. The molecule has 0 bridgehead atoms. The standard InChI is InChI=1S/C16H22O/c1-12(2)10-15-11-14(8-9-16(15)17)13-6-4-3-5-7-13/h3-7,14-17H,1,8-11H2,2H3. The molecule has 0 radical (unpaired) electrons. The number of benzene rings is 1. The van der Waals surface area contributed by atoms with Gasteiger partial charge in [0.15, 0.2) is 0 Å². The summed E-state index contributed by atoms with van der Waals surface area (Å²) in [6, 6.07) is 10.7. The fourth-order valence-electron chi connectivity index (χ4n) is 2.94. The molecule has 0 aliphatic heterocycles. The van der Waals surface area contributed by atoms with Crippen LogP contribution in [0.2, 0.25) is 0 Å². The average molecular weight is 230 g/mol. The molecular formula is C16H22O. The van der Waals surface area contributed by atoms with Crippen molar-refractivity contribution in [2.75, 3.05) is 0 Å². The Labute approximate surface area is 104 Å². The van der Waals surface area contributed by atoms with Crippen molar-refractivity contribution in [3.05, 3.63) is 48.0 Å². The second kappa shape index (κ2) is 5.50. The molecule has 1 fully saturated rings. The maximum absolute atomic E-state index is 10.0. The third-order valence-electron chi connectivity index (χ3n) is 3.82. The van der Waals surface area contributed by atoms with E-state index in [2.05, 4.69) is 43.8 Å². The topological polar surface area (TPSA) is 20.2 Å². The predicted octanol–water partition coefficient (Wildman–Crippen LogP) is 3.90. The fourth-order valence-corrected chi connectivity index (χ4v) is 2.94. The minimum Gasteiger partial charge on any atom is -0.393 e. The summed E-state index contributed by atoms with van der Waals surface area (Å²) in [5, 5.41) is 10.0. The number of hydrogen-bond acceptors (Lipinski definition) is 1. The summed E-state index contributed by atoms with van der Waals surface area (Å²) >= 11 is 0. The molecule has 1 saturated carbocycles. The fraction of sp³-hybridized carbons (Fsp3) is 0.500. The Bertz CT molecular complexity index is 368. The van der Waals surface area contributed by atoms with Gasteiger partial charge in [-0.05, 0) is 50.0 Å². The van der Waals surface area contributed by atoms with Gasteiger partial charge in [0, 0.05) is 0 Å². The van der Waals surface area contributed by atoms with Gasteiger partial charge in [0.25, 0.3) is 0 Å². The number of aliphatic hydroxyl groups is 1. The van der Waals surface area contributed by atoms with Crippen LogP contribution in [0.3, 0.4) is 0 Å². The van der Waals surface area contributed by atoms with Crippen molar-refractivity contribution in [3.63, 3.8) is 0 Å². The van der Waals surface area contributed by atoms with Crippen LogP contribution in [0.5, 0.6) is 0 Å². The van der Waals surface area contributed by atoms with E-state index in [0.717, 1.165) is 25.7 Å². The molecule has 1 aromatic rings. The van der Waals surface area contributed by atoms with Gasteiger partial charge in [-0.1, -0.05) is 35.9 Å². The Morgan fingerprint density at radius 2 is 2.00 bits per heavy atom. The number of allylic oxidation sites excluding steroid dienone is 1. The van der Waals surface area contributed by atoms with E-state index in [1.165, 1.54) is 11.1 Å². The van der Waals surface area contributed by atoms with E-state index in [9.17, 15) is 5.11 Å². The molecular weight excluding hydrogens is 208 g/mol. The molecule has 3 atom stereocenters. The van der Waals surface area contributed by atoms with Crippen LogP contribution in [-0.2, 0) is 0 Å². The highest BCUT2D eigenvalue weighted by molar-refractivity contribution is 5.20. The predicted molar refractivity (Wildman–Crippen MR) is 72.0 cm³/mol. The van der Waals surface area contributed by atoms with E-state index in [-0.39, 0.29) is 6.10 Å². The second-order valence-electron chi connectivity index (χ2n) is 5.41. The van der Waals surface area contributed by atoms with Crippen LogP contribution in [0, 0.1) is 5.92 Å². The largest absolute Gasteiger partial charge is 0.393 e. The lowest BCUT2D eigenvalue weighted by Gasteiger charge is -2.33. The van der Waals surface area contributed by atoms with Gasteiger partial charge in [-0.25, -0.2) is 0 Å². The van der Waals surface area contributed by atoms with Crippen molar-refractivity contribution >= 4 is 0 Å². The molecule has 0 aromatic heterocycles. The van der Waals surface area contributed by atoms with Crippen LogP contribution in [-0.4, -0.2) is 11.2 Å². The Morgan fingerprint density at radius 3 is 2.65 bits per heavy atom. The molecule has 1 nitrogen and oxygen atoms in total. The summed E-state index contributed by atoms with van der Waals surface area (Å²) in [5.74, 6) is 1.01. The summed E-state index contributed by atoms with van der Waals surface area (Å²) in [5.41, 5.74) is 2.61. The van der Waals surface area contributed by atoms with E-state index >= 15 is 0 Å². The number of hydrogen-bond donors (Lipinski definition) is 1. The van der Waals surface area contributed by atoms with Gasteiger partial charge < -0.3 is 5.11 Å². The van der Waals surface area contributed by atoms with Gasteiger partial charge in [-0.3, -0.25) is 0 Å². The van der Waals surface area contributed by atoms with Gasteiger partial charge >= 0.3 is 0 Å². The first-order valence-electron chi connectivity index (χ1n) is 6.54. The van der Waals surface area contributed by atoms with Crippen molar-refractivity contribution in [1.29, 1.82) is 0 Å². The maximum atomic E-state index is 10.0. The van der Waals surface area contributed by atoms with E-state index in [1.54, 1.807) is 0 Å². The molecule has 17 heavy (non-hydrogen) atoms. The summed E-state index contributed by atoms with van der Waals surface area (Å²) in [4.78, 5) is 0. The zero-order valence-corrected chi connectivity index (χ0v) is 10.6. The molecule has 1 aliphatic carbocycles. The Kier molecular flexibility index (Phi) is 4.01. The molecule has 1 heteroatoms. The Balaban J connectivity index is 2.05. The van der Waals surface area contributed by atoms with Crippen LogP contribution >= 0.6 is 0 Å². The van der Waals surface area contributed by atoms with Crippen molar-refractivity contribution in [3.8, 4) is 0 Å². The lowest BCUT2D eigenvalue weighted by atomic mass is 9.74. The lowest BCUT2D eigenvalue weighted by molar-refractivity contribution is 0.0620. The molecule has 0 spiro atoms. The quantitative estimate of drug-likeness (QED) is 0.781. The molecule has 3 unspecified atom stereocenters. The Morgan fingerprint density at radius 1 is 1.29 bits per heavy atom. The first kappa shape index (κ1) is 12.4. The van der Waals surface area contributed by atoms with Crippen LogP contribution < -0.4 is 0 Å². The van der Waals surface area contributed by atoms with Crippen molar-refractivity contribution in [2.45, 2.75) is 44.6 Å². The minimum absolute atomic E-state index is 0.133. The number of aliphatic hydroxyl groups excluding tert-OH is 1. The number of rotatable bonds is 3. The summed E-state index contributed by atoms with van der Waals surface area (Å²) in [7, 11) is 0. The van der Waals surface area contributed by atoms with Crippen LogP contribution in [0.4, 0.5) is 0 Å². The molecule has 0 amide bonds. The molecule has 0 saturated heterocycles. The highest BCUT2D eigenvalue weighted by atomic mass is 16.3. The van der Waals surface area contributed by atoms with Gasteiger partial charge in [-0.15, -0.1) is 6.58 Å². The molecule has 1 N–H and O–H groups in total. The van der Waals surface area contributed by atoms with Crippen LogP contribution in [0.25, 0.3) is 0 Å². The van der Waals surface area contributed by atoms with Crippen molar-refractivity contribution in [2.24, 2.45) is 5.92 Å². The molecule has 0 heterocycles. The molecule has 1 aliphatic rings. The minimum atomic E-state index is -0.133.